The van der Waals surface area contributed by atoms with Crippen LogP contribution < -0.4 is 10.6 Å². The van der Waals surface area contributed by atoms with Crippen molar-refractivity contribution in [2.75, 3.05) is 0 Å². The highest BCUT2D eigenvalue weighted by molar-refractivity contribution is 6.09. The number of rotatable bonds is 1. The van der Waals surface area contributed by atoms with Gasteiger partial charge in [0.15, 0.2) is 5.96 Å². The van der Waals surface area contributed by atoms with E-state index in [9.17, 15) is 4.79 Å². The van der Waals surface area contributed by atoms with Gasteiger partial charge in [0.05, 0.1) is 6.04 Å². The minimum Gasteiger partial charge on any atom is -0.341 e. The lowest BCUT2D eigenvalue weighted by Gasteiger charge is -2.44. The van der Waals surface area contributed by atoms with Crippen molar-refractivity contribution in [1.82, 2.24) is 10.6 Å². The summed E-state index contributed by atoms with van der Waals surface area (Å²) >= 11 is 0. The van der Waals surface area contributed by atoms with Gasteiger partial charge < -0.3 is 5.32 Å². The minimum atomic E-state index is -0.400. The SMILES string of the molecule is CC1CC(C)(C)CCC12NC(=NC1CC1)NC2=O. The zero-order valence-electron chi connectivity index (χ0n) is 11.5. The van der Waals surface area contributed by atoms with E-state index in [0.29, 0.717) is 23.3 Å². The van der Waals surface area contributed by atoms with Crippen molar-refractivity contribution < 1.29 is 4.79 Å². The van der Waals surface area contributed by atoms with Crippen LogP contribution in [0.5, 0.6) is 0 Å². The normalized spacial score (nSPS) is 40.9. The van der Waals surface area contributed by atoms with Crippen LogP contribution in [0.3, 0.4) is 0 Å². The summed E-state index contributed by atoms with van der Waals surface area (Å²) in [6, 6.07) is 0.443. The van der Waals surface area contributed by atoms with E-state index in [0.717, 1.165) is 32.1 Å². The molecule has 4 nitrogen and oxygen atoms in total. The second-order valence-electron chi connectivity index (χ2n) is 7.03. The third-order valence-corrected chi connectivity index (χ3v) is 4.73. The number of carbonyl (C=O) groups is 1. The van der Waals surface area contributed by atoms with E-state index in [2.05, 4.69) is 36.4 Å². The lowest BCUT2D eigenvalue weighted by Crippen LogP contribution is -2.56. The van der Waals surface area contributed by atoms with Gasteiger partial charge in [-0.1, -0.05) is 20.8 Å². The number of hydrogen-bond donors (Lipinski definition) is 2. The third-order valence-electron chi connectivity index (χ3n) is 4.73. The van der Waals surface area contributed by atoms with Gasteiger partial charge in [0.2, 0.25) is 0 Å². The Bertz CT molecular complexity index is 411. The molecular weight excluding hydrogens is 226 g/mol. The second kappa shape index (κ2) is 3.72. The van der Waals surface area contributed by atoms with Crippen LogP contribution in [0.1, 0.15) is 52.9 Å². The molecule has 0 radical (unpaired) electrons. The van der Waals surface area contributed by atoms with Gasteiger partial charge in [0.1, 0.15) is 5.54 Å². The number of nitrogens with zero attached hydrogens (tertiary/aromatic N) is 1. The van der Waals surface area contributed by atoms with E-state index in [1.807, 2.05) is 0 Å². The van der Waals surface area contributed by atoms with Gasteiger partial charge in [0.25, 0.3) is 5.91 Å². The van der Waals surface area contributed by atoms with E-state index >= 15 is 0 Å². The lowest BCUT2D eigenvalue weighted by atomic mass is 9.64. The van der Waals surface area contributed by atoms with Crippen molar-refractivity contribution in [3.05, 3.63) is 0 Å². The van der Waals surface area contributed by atoms with Crippen LogP contribution in [0, 0.1) is 11.3 Å². The van der Waals surface area contributed by atoms with E-state index in [1.54, 1.807) is 0 Å². The van der Waals surface area contributed by atoms with Crippen molar-refractivity contribution in [3.8, 4) is 0 Å². The summed E-state index contributed by atoms with van der Waals surface area (Å²) in [5.74, 6) is 1.20. The molecule has 100 valence electrons. The average Bonchev–Trinajstić information content (AvgIpc) is 2.99. The predicted octanol–water partition coefficient (Wildman–Crippen LogP) is 1.81. The zero-order chi connectivity index (χ0) is 13.0. The van der Waals surface area contributed by atoms with E-state index in [1.165, 1.54) is 0 Å². The molecule has 2 unspecified atom stereocenters. The molecule has 1 amide bonds. The summed E-state index contributed by atoms with van der Waals surface area (Å²) in [4.78, 5) is 16.9. The molecule has 1 heterocycles. The Kier molecular flexibility index (Phi) is 2.48. The first-order valence-corrected chi connectivity index (χ1v) is 7.09. The maximum Gasteiger partial charge on any atom is 0.252 e. The molecule has 1 spiro atoms. The number of carbonyl (C=O) groups excluding carboxylic acids is 1. The molecule has 2 N–H and O–H groups in total. The van der Waals surface area contributed by atoms with Crippen LogP contribution in [0.25, 0.3) is 0 Å². The van der Waals surface area contributed by atoms with Gasteiger partial charge in [-0.25, -0.2) is 4.99 Å². The topological polar surface area (TPSA) is 53.5 Å². The Morgan fingerprint density at radius 1 is 1.28 bits per heavy atom. The van der Waals surface area contributed by atoms with Gasteiger partial charge in [0, 0.05) is 0 Å². The van der Waals surface area contributed by atoms with E-state index < -0.39 is 5.54 Å². The molecule has 3 rings (SSSR count). The number of amides is 1. The highest BCUT2D eigenvalue weighted by Gasteiger charge is 2.53. The predicted molar refractivity (Wildman–Crippen MR) is 71.3 cm³/mol. The smallest absolute Gasteiger partial charge is 0.252 e. The molecule has 0 aromatic heterocycles. The number of hydrogen-bond acceptors (Lipinski definition) is 2. The first-order chi connectivity index (χ1) is 8.41. The van der Waals surface area contributed by atoms with Crippen molar-refractivity contribution in [2.45, 2.75) is 64.5 Å². The fourth-order valence-electron chi connectivity index (χ4n) is 3.38. The lowest BCUT2D eigenvalue weighted by molar-refractivity contribution is -0.128. The molecule has 1 aliphatic heterocycles. The van der Waals surface area contributed by atoms with Crippen LogP contribution in [0.2, 0.25) is 0 Å². The monoisotopic (exact) mass is 249 g/mol. The summed E-state index contributed by atoms with van der Waals surface area (Å²) in [5.41, 5.74) is -0.0493. The molecule has 2 saturated carbocycles. The Balaban J connectivity index is 1.80. The fourth-order valence-corrected chi connectivity index (χ4v) is 3.38. The Hall–Kier alpha value is -1.06. The Morgan fingerprint density at radius 2 is 2.00 bits per heavy atom. The summed E-state index contributed by atoms with van der Waals surface area (Å²) < 4.78 is 0. The van der Waals surface area contributed by atoms with Crippen LogP contribution in [0.15, 0.2) is 4.99 Å². The summed E-state index contributed by atoms with van der Waals surface area (Å²) in [6.45, 7) is 6.78. The minimum absolute atomic E-state index is 0.130. The largest absolute Gasteiger partial charge is 0.341 e. The maximum absolute atomic E-state index is 12.3. The molecule has 3 aliphatic rings. The first-order valence-electron chi connectivity index (χ1n) is 7.09. The van der Waals surface area contributed by atoms with Crippen LogP contribution in [-0.2, 0) is 4.79 Å². The molecule has 4 heteroatoms. The molecule has 0 bridgehead atoms. The Labute approximate surface area is 109 Å². The standard InChI is InChI=1S/C14H23N3O/c1-9-8-13(2,3)6-7-14(9)11(18)16-12(17-14)15-10-4-5-10/h9-10H,4-8H2,1-3H3,(H2,15,16,17,18). The molecule has 18 heavy (non-hydrogen) atoms. The van der Waals surface area contributed by atoms with Crippen molar-refractivity contribution >= 4 is 11.9 Å². The third kappa shape index (κ3) is 1.91. The summed E-state index contributed by atoms with van der Waals surface area (Å²) in [5, 5.41) is 6.35. The van der Waals surface area contributed by atoms with Crippen LogP contribution >= 0.6 is 0 Å². The molecule has 0 aromatic carbocycles. The quantitative estimate of drug-likeness (QED) is 0.744. The van der Waals surface area contributed by atoms with Gasteiger partial charge in [-0.05, 0) is 43.4 Å². The van der Waals surface area contributed by atoms with E-state index in [-0.39, 0.29) is 5.91 Å². The molecule has 1 saturated heterocycles. The van der Waals surface area contributed by atoms with Gasteiger partial charge in [-0.3, -0.25) is 10.1 Å². The van der Waals surface area contributed by atoms with Crippen molar-refractivity contribution in [1.29, 1.82) is 0 Å². The number of aliphatic imine (C=N–C) groups is 1. The van der Waals surface area contributed by atoms with E-state index in [4.69, 9.17) is 0 Å². The molecular formula is C14H23N3O. The van der Waals surface area contributed by atoms with Crippen molar-refractivity contribution in [3.63, 3.8) is 0 Å². The fraction of sp³-hybridized carbons (Fsp3) is 0.857. The number of nitrogens with one attached hydrogen (secondary N) is 2. The van der Waals surface area contributed by atoms with Gasteiger partial charge in [-0.2, -0.15) is 0 Å². The summed E-state index contributed by atoms with van der Waals surface area (Å²) in [7, 11) is 0. The first kappa shape index (κ1) is 12.0. The molecule has 2 aliphatic carbocycles. The zero-order valence-corrected chi connectivity index (χ0v) is 11.5. The van der Waals surface area contributed by atoms with Crippen LogP contribution in [-0.4, -0.2) is 23.4 Å². The molecule has 3 fully saturated rings. The van der Waals surface area contributed by atoms with Crippen LogP contribution in [0.4, 0.5) is 0 Å². The van der Waals surface area contributed by atoms with Gasteiger partial charge >= 0.3 is 0 Å². The molecule has 0 aromatic rings. The Morgan fingerprint density at radius 3 is 2.61 bits per heavy atom. The average molecular weight is 249 g/mol. The molecule has 2 atom stereocenters. The highest BCUT2D eigenvalue weighted by Crippen LogP contribution is 2.45. The highest BCUT2D eigenvalue weighted by atomic mass is 16.2. The maximum atomic E-state index is 12.3. The summed E-state index contributed by atoms with van der Waals surface area (Å²) in [6.07, 6.45) is 5.42. The number of guanidine groups is 1. The van der Waals surface area contributed by atoms with Crippen molar-refractivity contribution in [2.24, 2.45) is 16.3 Å². The van der Waals surface area contributed by atoms with Gasteiger partial charge in [-0.15, -0.1) is 0 Å². The second-order valence-corrected chi connectivity index (χ2v) is 7.03.